The number of hydrogen-bond acceptors (Lipinski definition) is 5. The second-order valence-corrected chi connectivity index (χ2v) is 5.11. The normalized spacial score (nSPS) is 10.8. The molecule has 0 saturated heterocycles. The van der Waals surface area contributed by atoms with E-state index in [-0.39, 0.29) is 0 Å². The third-order valence-electron chi connectivity index (χ3n) is 2.85. The summed E-state index contributed by atoms with van der Waals surface area (Å²) < 4.78 is 6.82. The summed E-state index contributed by atoms with van der Waals surface area (Å²) in [6.45, 7) is 2.53. The van der Waals surface area contributed by atoms with Gasteiger partial charge >= 0.3 is 0 Å². The average Bonchev–Trinajstić information content (AvgIpc) is 2.82. The molecule has 2 N–H and O–H groups in total. The molecule has 0 aliphatic carbocycles. The molecule has 0 atom stereocenters. The maximum Gasteiger partial charge on any atom is 0.240 e. The monoisotopic (exact) mass is 271 g/mol. The molecular formula is C14H13N3OS. The van der Waals surface area contributed by atoms with Crippen molar-refractivity contribution in [1.29, 1.82) is 0 Å². The maximum atomic E-state index is 5.85. The van der Waals surface area contributed by atoms with Gasteiger partial charge in [0.05, 0.1) is 5.52 Å². The van der Waals surface area contributed by atoms with Crippen molar-refractivity contribution in [2.45, 2.75) is 13.5 Å². The van der Waals surface area contributed by atoms with Crippen molar-refractivity contribution in [3.63, 3.8) is 0 Å². The number of nitrogens with two attached hydrogens (primary N) is 1. The molecule has 0 bridgehead atoms. The van der Waals surface area contributed by atoms with Gasteiger partial charge in [0.15, 0.2) is 0 Å². The minimum atomic E-state index is 0.495. The topological polar surface area (TPSA) is 61.0 Å². The molecule has 0 unspecified atom stereocenters. The number of rotatable bonds is 3. The predicted octanol–water partition coefficient (Wildman–Crippen LogP) is 3.25. The first-order valence-electron chi connectivity index (χ1n) is 5.93. The number of hydrogen-bond donors (Lipinski definition) is 1. The van der Waals surface area contributed by atoms with E-state index in [4.69, 9.17) is 10.5 Å². The molecule has 3 aromatic rings. The Balaban J connectivity index is 2.00. The summed E-state index contributed by atoms with van der Waals surface area (Å²) in [7, 11) is 0. The van der Waals surface area contributed by atoms with Gasteiger partial charge in [-0.1, -0.05) is 12.1 Å². The summed E-state index contributed by atoms with van der Waals surface area (Å²) in [6, 6.07) is 7.72. The highest BCUT2D eigenvalue weighted by molar-refractivity contribution is 7.17. The van der Waals surface area contributed by atoms with Crippen LogP contribution in [0.15, 0.2) is 36.0 Å². The lowest BCUT2D eigenvalue weighted by Gasteiger charge is -2.06. The first-order valence-corrected chi connectivity index (χ1v) is 6.81. The van der Waals surface area contributed by atoms with Gasteiger partial charge in [-0.15, -0.1) is 11.3 Å². The highest BCUT2D eigenvalue weighted by Crippen LogP contribution is 2.32. The van der Waals surface area contributed by atoms with Crippen LogP contribution in [0.25, 0.3) is 10.2 Å². The molecule has 0 aliphatic heterocycles. The molecule has 0 aliphatic rings. The summed E-state index contributed by atoms with van der Waals surface area (Å²) in [6.07, 6.45) is 1.53. The van der Waals surface area contributed by atoms with Crippen LogP contribution in [0.5, 0.6) is 11.6 Å². The number of aryl methyl sites for hydroxylation is 1. The molecule has 5 heteroatoms. The highest BCUT2D eigenvalue weighted by Gasteiger charge is 2.10. The van der Waals surface area contributed by atoms with Crippen molar-refractivity contribution in [1.82, 2.24) is 9.97 Å². The number of nitrogens with zero attached hydrogens (tertiary/aromatic N) is 2. The molecule has 96 valence electrons. The van der Waals surface area contributed by atoms with Crippen molar-refractivity contribution < 1.29 is 4.74 Å². The van der Waals surface area contributed by atoms with Crippen molar-refractivity contribution in [2.24, 2.45) is 5.73 Å². The van der Waals surface area contributed by atoms with Crippen molar-refractivity contribution >= 4 is 21.6 Å². The number of fused-ring (bicyclic) bond motifs is 1. The van der Waals surface area contributed by atoms with Crippen LogP contribution in [0.2, 0.25) is 0 Å². The van der Waals surface area contributed by atoms with Crippen LogP contribution in [0, 0.1) is 6.92 Å². The van der Waals surface area contributed by atoms with E-state index in [0.29, 0.717) is 12.4 Å². The first kappa shape index (κ1) is 12.1. The lowest BCUT2D eigenvalue weighted by Crippen LogP contribution is -1.96. The van der Waals surface area contributed by atoms with Crippen LogP contribution < -0.4 is 10.5 Å². The number of benzene rings is 1. The van der Waals surface area contributed by atoms with Gasteiger partial charge in [-0.3, -0.25) is 0 Å². The van der Waals surface area contributed by atoms with E-state index < -0.39 is 0 Å². The molecule has 19 heavy (non-hydrogen) atoms. The Labute approximate surface area is 114 Å². The molecule has 0 saturated carbocycles. The van der Waals surface area contributed by atoms with Gasteiger partial charge in [0.25, 0.3) is 0 Å². The van der Waals surface area contributed by atoms with Crippen molar-refractivity contribution in [3.05, 3.63) is 47.1 Å². The Bertz CT molecular complexity index is 724. The average molecular weight is 271 g/mol. The van der Waals surface area contributed by atoms with Crippen LogP contribution in [-0.4, -0.2) is 9.97 Å². The number of aromatic nitrogens is 2. The van der Waals surface area contributed by atoms with E-state index in [1.165, 1.54) is 6.33 Å². The minimum absolute atomic E-state index is 0.495. The first-order chi connectivity index (χ1) is 9.28. The third-order valence-corrected chi connectivity index (χ3v) is 3.92. The Kier molecular flexibility index (Phi) is 3.15. The Morgan fingerprint density at radius 2 is 2.21 bits per heavy atom. The standard InChI is InChI=1S/C14H13N3OS/c1-9-7-19-13-12(9)16-8-17-14(13)18-11-4-2-3-10(5-11)6-15/h2-5,7-8H,6,15H2,1H3. The molecule has 0 amide bonds. The highest BCUT2D eigenvalue weighted by atomic mass is 32.1. The fourth-order valence-electron chi connectivity index (χ4n) is 1.87. The zero-order valence-corrected chi connectivity index (χ0v) is 11.3. The Morgan fingerprint density at radius 1 is 1.32 bits per heavy atom. The lowest BCUT2D eigenvalue weighted by molar-refractivity contribution is 0.468. The van der Waals surface area contributed by atoms with Crippen LogP contribution in [-0.2, 0) is 6.54 Å². The Morgan fingerprint density at radius 3 is 3.05 bits per heavy atom. The van der Waals surface area contributed by atoms with Gasteiger partial charge in [-0.25, -0.2) is 9.97 Å². The summed E-state index contributed by atoms with van der Waals surface area (Å²) in [5.41, 5.74) is 8.75. The Hall–Kier alpha value is -1.98. The molecule has 1 aromatic carbocycles. The van der Waals surface area contributed by atoms with E-state index in [9.17, 15) is 0 Å². The zero-order chi connectivity index (χ0) is 13.2. The molecule has 4 nitrogen and oxygen atoms in total. The second-order valence-electron chi connectivity index (χ2n) is 4.23. The van der Waals surface area contributed by atoms with Gasteiger partial charge < -0.3 is 10.5 Å². The van der Waals surface area contributed by atoms with E-state index in [2.05, 4.69) is 15.3 Å². The fourth-order valence-corrected chi connectivity index (χ4v) is 2.79. The van der Waals surface area contributed by atoms with Gasteiger partial charge in [0.2, 0.25) is 5.88 Å². The molecule has 0 fully saturated rings. The maximum absolute atomic E-state index is 5.85. The second kappa shape index (κ2) is 4.95. The zero-order valence-electron chi connectivity index (χ0n) is 10.5. The van der Waals surface area contributed by atoms with Crippen LogP contribution in [0.4, 0.5) is 0 Å². The van der Waals surface area contributed by atoms with Gasteiger partial charge in [-0.2, -0.15) is 0 Å². The van der Waals surface area contributed by atoms with Crippen LogP contribution in [0.3, 0.4) is 0 Å². The molecule has 0 spiro atoms. The quantitative estimate of drug-likeness (QED) is 0.794. The lowest BCUT2D eigenvalue weighted by atomic mass is 10.2. The number of ether oxygens (including phenoxy) is 1. The van der Waals surface area contributed by atoms with Crippen molar-refractivity contribution in [3.8, 4) is 11.6 Å². The third kappa shape index (κ3) is 2.30. The summed E-state index contributed by atoms with van der Waals surface area (Å²) in [5, 5.41) is 2.06. The van der Waals surface area contributed by atoms with Crippen LogP contribution in [0.1, 0.15) is 11.1 Å². The minimum Gasteiger partial charge on any atom is -0.437 e. The van der Waals surface area contributed by atoms with Gasteiger partial charge in [0.1, 0.15) is 16.8 Å². The van der Waals surface area contributed by atoms with Gasteiger partial charge in [0, 0.05) is 6.54 Å². The largest absolute Gasteiger partial charge is 0.437 e. The van der Waals surface area contributed by atoms with Gasteiger partial charge in [-0.05, 0) is 35.6 Å². The fraction of sp³-hybridized carbons (Fsp3) is 0.143. The van der Waals surface area contributed by atoms with E-state index in [0.717, 1.165) is 27.1 Å². The summed E-state index contributed by atoms with van der Waals surface area (Å²) in [5.74, 6) is 1.34. The SMILES string of the molecule is Cc1csc2c(Oc3cccc(CN)c3)ncnc12. The summed E-state index contributed by atoms with van der Waals surface area (Å²) in [4.78, 5) is 8.49. The van der Waals surface area contributed by atoms with E-state index in [1.807, 2.05) is 31.2 Å². The molecule has 3 rings (SSSR count). The molecule has 2 heterocycles. The van der Waals surface area contributed by atoms with E-state index in [1.54, 1.807) is 11.3 Å². The van der Waals surface area contributed by atoms with Crippen molar-refractivity contribution in [2.75, 3.05) is 0 Å². The molecule has 0 radical (unpaired) electrons. The summed E-state index contributed by atoms with van der Waals surface area (Å²) >= 11 is 1.60. The molecule has 2 aromatic heterocycles. The van der Waals surface area contributed by atoms with E-state index >= 15 is 0 Å². The van der Waals surface area contributed by atoms with Crippen LogP contribution >= 0.6 is 11.3 Å². The number of thiophene rings is 1. The molecular weight excluding hydrogens is 258 g/mol. The predicted molar refractivity (Wildman–Crippen MR) is 76.6 cm³/mol. The smallest absolute Gasteiger partial charge is 0.240 e.